The van der Waals surface area contributed by atoms with Gasteiger partial charge in [0, 0.05) is 71.3 Å². The molecule has 3 rings (SSSR count). The minimum absolute atomic E-state index is 0.397. The van der Waals surface area contributed by atoms with E-state index in [-0.39, 0.29) is 0 Å². The maximum atomic E-state index is 4.87. The van der Waals surface area contributed by atoms with E-state index in [1.165, 1.54) is 5.56 Å². The maximum absolute atomic E-state index is 4.87. The van der Waals surface area contributed by atoms with Crippen LogP contribution in [0.1, 0.15) is 50.4 Å². The number of aryl methyl sites for hydroxylation is 1. The van der Waals surface area contributed by atoms with Gasteiger partial charge >= 0.3 is 0 Å². The van der Waals surface area contributed by atoms with E-state index in [0.29, 0.717) is 12.5 Å². The van der Waals surface area contributed by atoms with Crippen LogP contribution in [0.5, 0.6) is 0 Å². The highest BCUT2D eigenvalue weighted by Gasteiger charge is 2.17. The van der Waals surface area contributed by atoms with Crippen LogP contribution in [-0.2, 0) is 20.1 Å². The Morgan fingerprint density at radius 3 is 2.53 bits per heavy atom. The molecule has 0 bridgehead atoms. The molecule has 1 aliphatic rings. The molecule has 8 heteroatoms. The minimum atomic E-state index is 0.397. The molecule has 0 amide bonds. The molecule has 2 aromatic rings. The van der Waals surface area contributed by atoms with Gasteiger partial charge in [-0.2, -0.15) is 5.10 Å². The fourth-order valence-electron chi connectivity index (χ4n) is 4.12. The molecule has 1 N–H and O–H groups in total. The lowest BCUT2D eigenvalue weighted by Crippen LogP contribution is -2.46. The average Bonchev–Trinajstić information content (AvgIpc) is 3.17. The molecule has 8 nitrogen and oxygen atoms in total. The van der Waals surface area contributed by atoms with Crippen LogP contribution < -0.4 is 10.2 Å². The summed E-state index contributed by atoms with van der Waals surface area (Å²) < 4.78 is 1.90. The molecule has 0 saturated carbocycles. The number of anilines is 1. The Bertz CT molecular complexity index is 863. The molecule has 0 spiro atoms. The van der Waals surface area contributed by atoms with Crippen LogP contribution in [0.2, 0.25) is 0 Å². The number of rotatable bonds is 8. The molecular formula is C24H40N8. The number of guanidine groups is 1. The van der Waals surface area contributed by atoms with Gasteiger partial charge in [-0.15, -0.1) is 0 Å². The summed E-state index contributed by atoms with van der Waals surface area (Å²) in [6, 6.07) is 4.28. The van der Waals surface area contributed by atoms with Gasteiger partial charge in [0.1, 0.15) is 5.82 Å². The number of pyridine rings is 1. The van der Waals surface area contributed by atoms with Crippen LogP contribution in [0.25, 0.3) is 0 Å². The number of piperazine rings is 1. The van der Waals surface area contributed by atoms with Crippen molar-refractivity contribution in [2.45, 2.75) is 46.7 Å². The van der Waals surface area contributed by atoms with Gasteiger partial charge in [-0.05, 0) is 31.0 Å². The summed E-state index contributed by atoms with van der Waals surface area (Å²) in [7, 11) is 4.06. The van der Waals surface area contributed by atoms with Crippen LogP contribution in [0.4, 0.5) is 5.82 Å². The third-order valence-electron chi connectivity index (χ3n) is 5.95. The van der Waals surface area contributed by atoms with Crippen molar-refractivity contribution >= 4 is 11.8 Å². The second-order valence-corrected chi connectivity index (χ2v) is 8.84. The van der Waals surface area contributed by atoms with Gasteiger partial charge in [0.25, 0.3) is 0 Å². The number of nitrogens with zero attached hydrogens (tertiary/aromatic N) is 7. The summed E-state index contributed by atoms with van der Waals surface area (Å²) in [6.45, 7) is 16.3. The number of nitrogens with one attached hydrogen (secondary N) is 1. The van der Waals surface area contributed by atoms with Crippen molar-refractivity contribution in [2.24, 2.45) is 12.0 Å². The van der Waals surface area contributed by atoms with E-state index in [1.54, 1.807) is 0 Å². The number of aliphatic imine (C=N–C) groups is 1. The number of likely N-dealkylation sites (N-methyl/N-ethyl adjacent to an activating group) is 1. The van der Waals surface area contributed by atoms with Gasteiger partial charge in [-0.3, -0.25) is 4.68 Å². The molecule has 0 radical (unpaired) electrons. The molecule has 3 heterocycles. The van der Waals surface area contributed by atoms with Crippen LogP contribution >= 0.6 is 0 Å². The fraction of sp³-hybridized carbons (Fsp3) is 0.625. The smallest absolute Gasteiger partial charge is 0.194 e. The minimum Gasteiger partial charge on any atom is -0.357 e. The Balaban J connectivity index is 1.63. The van der Waals surface area contributed by atoms with E-state index in [4.69, 9.17) is 9.98 Å². The van der Waals surface area contributed by atoms with Crippen molar-refractivity contribution in [1.29, 1.82) is 0 Å². The molecule has 2 aromatic heterocycles. The zero-order valence-electron chi connectivity index (χ0n) is 20.7. The quantitative estimate of drug-likeness (QED) is 0.503. The molecule has 0 aromatic carbocycles. The summed E-state index contributed by atoms with van der Waals surface area (Å²) in [5.74, 6) is 2.36. The van der Waals surface area contributed by atoms with E-state index in [1.807, 2.05) is 17.9 Å². The van der Waals surface area contributed by atoms with Crippen LogP contribution in [0.3, 0.4) is 0 Å². The van der Waals surface area contributed by atoms with Crippen molar-refractivity contribution in [2.75, 3.05) is 51.2 Å². The first-order valence-electron chi connectivity index (χ1n) is 11.8. The monoisotopic (exact) mass is 440 g/mol. The van der Waals surface area contributed by atoms with Gasteiger partial charge in [0.05, 0.1) is 12.2 Å². The van der Waals surface area contributed by atoms with E-state index in [9.17, 15) is 0 Å². The van der Waals surface area contributed by atoms with Gasteiger partial charge in [0.2, 0.25) is 0 Å². The predicted molar refractivity (Wildman–Crippen MR) is 132 cm³/mol. The predicted octanol–water partition coefficient (Wildman–Crippen LogP) is 2.68. The van der Waals surface area contributed by atoms with Crippen molar-refractivity contribution < 1.29 is 0 Å². The molecule has 1 saturated heterocycles. The Morgan fingerprint density at radius 2 is 1.94 bits per heavy atom. The highest BCUT2D eigenvalue weighted by Crippen LogP contribution is 2.19. The molecular weight excluding hydrogens is 400 g/mol. The highest BCUT2D eigenvalue weighted by molar-refractivity contribution is 5.79. The fourth-order valence-corrected chi connectivity index (χ4v) is 4.12. The second kappa shape index (κ2) is 11.3. The summed E-state index contributed by atoms with van der Waals surface area (Å²) >= 11 is 0. The molecule has 0 unspecified atom stereocenters. The van der Waals surface area contributed by atoms with E-state index >= 15 is 0 Å². The van der Waals surface area contributed by atoms with Crippen molar-refractivity contribution in [3.05, 3.63) is 41.3 Å². The van der Waals surface area contributed by atoms with E-state index in [2.05, 4.69) is 78.2 Å². The SMILES string of the molecule is CCNC(=NCc1ccc(N2CCN(CC)CC2)nc1)N(C)Cc1cn(C)nc1C(C)C. The molecule has 1 fully saturated rings. The zero-order chi connectivity index (χ0) is 23.1. The average molecular weight is 441 g/mol. The lowest BCUT2D eigenvalue weighted by molar-refractivity contribution is 0.270. The Labute approximate surface area is 193 Å². The first-order valence-corrected chi connectivity index (χ1v) is 11.8. The van der Waals surface area contributed by atoms with Crippen molar-refractivity contribution in [3.63, 3.8) is 0 Å². The van der Waals surface area contributed by atoms with Crippen molar-refractivity contribution in [3.8, 4) is 0 Å². The molecule has 1 aliphatic heterocycles. The summed E-state index contributed by atoms with van der Waals surface area (Å²) in [5.41, 5.74) is 3.51. The maximum Gasteiger partial charge on any atom is 0.194 e. The molecule has 0 atom stereocenters. The third-order valence-corrected chi connectivity index (χ3v) is 5.95. The van der Waals surface area contributed by atoms with Crippen molar-refractivity contribution in [1.82, 2.24) is 29.9 Å². The Hall–Kier alpha value is -2.61. The third kappa shape index (κ3) is 6.22. The first kappa shape index (κ1) is 24.0. The van der Waals surface area contributed by atoms with Crippen LogP contribution in [-0.4, -0.2) is 76.8 Å². The van der Waals surface area contributed by atoms with Crippen LogP contribution in [0.15, 0.2) is 29.5 Å². The number of hydrogen-bond donors (Lipinski definition) is 1. The second-order valence-electron chi connectivity index (χ2n) is 8.84. The highest BCUT2D eigenvalue weighted by atomic mass is 15.3. The molecule has 32 heavy (non-hydrogen) atoms. The Morgan fingerprint density at radius 1 is 1.19 bits per heavy atom. The lowest BCUT2D eigenvalue weighted by atomic mass is 10.1. The van der Waals surface area contributed by atoms with Crippen LogP contribution in [0, 0.1) is 0 Å². The molecule has 0 aliphatic carbocycles. The lowest BCUT2D eigenvalue weighted by Gasteiger charge is -2.34. The summed E-state index contributed by atoms with van der Waals surface area (Å²) in [4.78, 5) is 16.6. The topological polar surface area (TPSA) is 64.8 Å². The summed E-state index contributed by atoms with van der Waals surface area (Å²) in [6.07, 6.45) is 4.07. The normalized spacial score (nSPS) is 15.5. The van der Waals surface area contributed by atoms with E-state index in [0.717, 1.165) is 68.8 Å². The van der Waals surface area contributed by atoms with E-state index < -0.39 is 0 Å². The largest absolute Gasteiger partial charge is 0.357 e. The summed E-state index contributed by atoms with van der Waals surface area (Å²) in [5, 5.41) is 8.05. The van der Waals surface area contributed by atoms with Gasteiger partial charge < -0.3 is 20.0 Å². The standard InChI is InChI=1S/C24H40N8/c1-7-25-24(29(5)17-21-18-30(6)28-23(21)19(3)4)27-16-20-9-10-22(26-15-20)32-13-11-31(8-2)12-14-32/h9-10,15,18-19H,7-8,11-14,16-17H2,1-6H3,(H,25,27). The number of aromatic nitrogens is 3. The van der Waals surface area contributed by atoms with Gasteiger partial charge in [-0.25, -0.2) is 9.98 Å². The first-order chi connectivity index (χ1) is 15.4. The van der Waals surface area contributed by atoms with Gasteiger partial charge in [0.15, 0.2) is 5.96 Å². The molecule has 176 valence electrons. The number of hydrogen-bond acceptors (Lipinski definition) is 5. The Kier molecular flexibility index (Phi) is 8.50. The zero-order valence-corrected chi connectivity index (χ0v) is 20.7. The van der Waals surface area contributed by atoms with Gasteiger partial charge in [-0.1, -0.05) is 26.8 Å².